The van der Waals surface area contributed by atoms with Crippen LogP contribution < -0.4 is 43.8 Å². The second-order valence-electron chi connectivity index (χ2n) is 17.3. The number of H-pyrrole nitrogens is 1. The van der Waals surface area contributed by atoms with Crippen molar-refractivity contribution < 1.29 is 48.3 Å². The van der Waals surface area contributed by atoms with Crippen molar-refractivity contribution in [2.24, 2.45) is 29.0 Å². The summed E-state index contributed by atoms with van der Waals surface area (Å²) in [5.41, 5.74) is 18.7. The Bertz CT molecular complexity index is 2040. The number of carbonyl (C=O) groups is 9. The van der Waals surface area contributed by atoms with E-state index in [-0.39, 0.29) is 25.9 Å². The third-order valence-electron chi connectivity index (χ3n) is 12.2. The number of aliphatic carboxylic acids is 1. The minimum absolute atomic E-state index is 0.0368. The molecule has 0 unspecified atom stereocenters. The number of carboxylic acid groups (broad SMARTS) is 1. The molecule has 0 saturated carbocycles. The third kappa shape index (κ3) is 14.0. The van der Waals surface area contributed by atoms with E-state index in [1.165, 1.54) is 9.80 Å². The first kappa shape index (κ1) is 51.5. The van der Waals surface area contributed by atoms with Gasteiger partial charge in [-0.25, -0.2) is 0 Å². The first-order valence-corrected chi connectivity index (χ1v) is 22.5. The summed E-state index contributed by atoms with van der Waals surface area (Å²) < 4.78 is 0. The van der Waals surface area contributed by atoms with Crippen molar-refractivity contribution in [2.75, 3.05) is 26.2 Å². The standard InChI is InChI=1S/C44H67N11O10/c1-5-25(4)37(53-38(59)28(46)13-8-9-17-45)42(63)51-31(21-34(47)56)43(64)54-18-11-16-33(54)41(62)50-30(20-26-22-48-29-14-7-6-12-27(26)29)39(60)52-36(24(2)3)44(65)55-19-10-15-32(55)40(61)49-23-35(57)58/h6-7,12,14,22,24-25,28,30-33,36-37,48H,5,8-11,13,15-21,23,45-46H2,1-4H3,(H2,47,56)(H,49,61)(H,50,62)(H,51,63)(H,52,60)(H,53,59)(H,57,58)/t25-,28-,30-,31-,32-,33-,36-,37-/m0/s1. The fourth-order valence-electron chi connectivity index (χ4n) is 8.30. The molecule has 1 aromatic carbocycles. The normalized spacial score (nSPS) is 18.8. The van der Waals surface area contributed by atoms with E-state index in [1.807, 2.05) is 31.2 Å². The number of hydrogen-bond donors (Lipinski definition) is 10. The van der Waals surface area contributed by atoms with Crippen LogP contribution in [0.4, 0.5) is 0 Å². The van der Waals surface area contributed by atoms with Gasteiger partial charge in [0.2, 0.25) is 47.3 Å². The number of nitrogens with one attached hydrogen (secondary N) is 6. The van der Waals surface area contributed by atoms with E-state index < -0.39 is 120 Å². The fraction of sp³-hybridized carbons (Fsp3) is 0.614. The summed E-state index contributed by atoms with van der Waals surface area (Å²) in [6, 6.07) is -0.683. The van der Waals surface area contributed by atoms with Gasteiger partial charge < -0.3 is 63.7 Å². The van der Waals surface area contributed by atoms with Gasteiger partial charge in [0.25, 0.3) is 0 Å². The summed E-state index contributed by atoms with van der Waals surface area (Å²) in [4.78, 5) is 126. The molecule has 0 aliphatic carbocycles. The molecule has 8 amide bonds. The number of benzene rings is 1. The SMILES string of the molecule is CC[C@H](C)[C@H](NC(=O)[C@@H](N)CCCCN)C(=O)N[C@@H](CC(N)=O)C(=O)N1CCC[C@H]1C(=O)N[C@@H](Cc1c[nH]c2ccccc12)C(=O)N[C@H](C(=O)N1CCC[C@H]1C(=O)NCC(=O)O)C(C)C. The van der Waals surface area contributed by atoms with Gasteiger partial charge in [-0.05, 0) is 68.5 Å². The molecule has 0 spiro atoms. The number of unbranched alkanes of at least 4 members (excludes halogenated alkanes) is 1. The molecule has 2 aliphatic rings. The summed E-state index contributed by atoms with van der Waals surface area (Å²) in [5, 5.41) is 23.1. The van der Waals surface area contributed by atoms with Crippen LogP contribution in [0.5, 0.6) is 0 Å². The van der Waals surface area contributed by atoms with Crippen LogP contribution in [0.2, 0.25) is 0 Å². The number of rotatable bonds is 24. The van der Waals surface area contributed by atoms with Crippen molar-refractivity contribution in [1.29, 1.82) is 0 Å². The minimum Gasteiger partial charge on any atom is -0.480 e. The van der Waals surface area contributed by atoms with Crippen LogP contribution in [0.3, 0.4) is 0 Å². The molecule has 13 N–H and O–H groups in total. The molecule has 358 valence electrons. The highest BCUT2D eigenvalue weighted by molar-refractivity contribution is 5.99. The number of amides is 8. The molecule has 0 bridgehead atoms. The van der Waals surface area contributed by atoms with E-state index in [4.69, 9.17) is 22.3 Å². The predicted molar refractivity (Wildman–Crippen MR) is 239 cm³/mol. The second-order valence-corrected chi connectivity index (χ2v) is 17.3. The molecule has 8 atom stereocenters. The van der Waals surface area contributed by atoms with Crippen molar-refractivity contribution in [2.45, 2.75) is 134 Å². The number of primary amides is 1. The number of hydrogen-bond acceptors (Lipinski definition) is 11. The van der Waals surface area contributed by atoms with Crippen molar-refractivity contribution in [3.05, 3.63) is 36.0 Å². The maximum Gasteiger partial charge on any atom is 0.322 e. The van der Waals surface area contributed by atoms with Gasteiger partial charge in [-0.2, -0.15) is 0 Å². The Labute approximate surface area is 378 Å². The van der Waals surface area contributed by atoms with E-state index >= 15 is 0 Å². The van der Waals surface area contributed by atoms with Gasteiger partial charge in [-0.1, -0.05) is 58.7 Å². The summed E-state index contributed by atoms with van der Waals surface area (Å²) >= 11 is 0. The smallest absolute Gasteiger partial charge is 0.322 e. The van der Waals surface area contributed by atoms with Crippen LogP contribution in [0.15, 0.2) is 30.5 Å². The lowest BCUT2D eigenvalue weighted by molar-refractivity contribution is -0.144. The summed E-state index contributed by atoms with van der Waals surface area (Å²) in [6.45, 7) is 7.09. The molecule has 65 heavy (non-hydrogen) atoms. The largest absolute Gasteiger partial charge is 0.480 e. The molecule has 1 aromatic heterocycles. The molecular formula is C44H67N11O10. The Balaban J connectivity index is 1.57. The lowest BCUT2D eigenvalue weighted by Crippen LogP contribution is -2.61. The van der Waals surface area contributed by atoms with Gasteiger partial charge in [0.1, 0.15) is 42.8 Å². The van der Waals surface area contributed by atoms with E-state index in [1.54, 1.807) is 27.0 Å². The van der Waals surface area contributed by atoms with Crippen LogP contribution in [0.1, 0.15) is 91.0 Å². The summed E-state index contributed by atoms with van der Waals surface area (Å²) in [6.07, 6.45) is 4.48. The predicted octanol–water partition coefficient (Wildman–Crippen LogP) is -1.13. The Kier molecular flexibility index (Phi) is 19.2. The molecule has 4 rings (SSSR count). The monoisotopic (exact) mass is 910 g/mol. The number of nitrogens with zero attached hydrogens (tertiary/aromatic N) is 2. The van der Waals surface area contributed by atoms with Gasteiger partial charge >= 0.3 is 5.97 Å². The second kappa shape index (κ2) is 24.3. The Morgan fingerprint density at radius 3 is 2.05 bits per heavy atom. The molecule has 2 saturated heterocycles. The van der Waals surface area contributed by atoms with Gasteiger partial charge in [-0.15, -0.1) is 0 Å². The van der Waals surface area contributed by atoms with Gasteiger partial charge in [0.05, 0.1) is 12.5 Å². The molecule has 2 aromatic rings. The average molecular weight is 910 g/mol. The number of para-hydroxylation sites is 1. The molecular weight excluding hydrogens is 843 g/mol. The lowest BCUT2D eigenvalue weighted by atomic mass is 9.96. The molecule has 21 heteroatoms. The van der Waals surface area contributed by atoms with Crippen molar-refractivity contribution in [1.82, 2.24) is 41.4 Å². The zero-order valence-corrected chi connectivity index (χ0v) is 37.7. The first-order chi connectivity index (χ1) is 30.9. The maximum absolute atomic E-state index is 14.4. The number of aromatic amines is 1. The highest BCUT2D eigenvalue weighted by Crippen LogP contribution is 2.24. The van der Waals surface area contributed by atoms with Crippen LogP contribution in [-0.4, -0.2) is 142 Å². The minimum atomic E-state index is -1.50. The Hall–Kier alpha value is -6.09. The van der Waals surface area contributed by atoms with Crippen molar-refractivity contribution >= 4 is 64.1 Å². The van der Waals surface area contributed by atoms with Gasteiger partial charge in [0.15, 0.2) is 0 Å². The fourth-order valence-corrected chi connectivity index (χ4v) is 8.30. The number of likely N-dealkylation sites (tertiary alicyclic amines) is 2. The molecule has 21 nitrogen and oxygen atoms in total. The zero-order valence-electron chi connectivity index (χ0n) is 37.7. The lowest BCUT2D eigenvalue weighted by Gasteiger charge is -2.32. The van der Waals surface area contributed by atoms with E-state index in [0.717, 1.165) is 10.9 Å². The van der Waals surface area contributed by atoms with Gasteiger partial charge in [0, 0.05) is 36.6 Å². The highest BCUT2D eigenvalue weighted by atomic mass is 16.4. The quantitative estimate of drug-likeness (QED) is 0.0560. The number of aromatic nitrogens is 1. The number of carbonyl (C=O) groups excluding carboxylic acids is 8. The molecule has 0 radical (unpaired) electrons. The van der Waals surface area contributed by atoms with E-state index in [0.29, 0.717) is 57.1 Å². The average Bonchev–Trinajstić information content (AvgIpc) is 4.06. The topological polar surface area (TPSA) is 334 Å². The highest BCUT2D eigenvalue weighted by Gasteiger charge is 2.42. The first-order valence-electron chi connectivity index (χ1n) is 22.5. The van der Waals surface area contributed by atoms with Crippen LogP contribution in [0, 0.1) is 11.8 Å². The van der Waals surface area contributed by atoms with Gasteiger partial charge in [-0.3, -0.25) is 43.2 Å². The molecule has 2 aliphatic heterocycles. The summed E-state index contributed by atoms with van der Waals surface area (Å²) in [7, 11) is 0. The number of nitrogens with two attached hydrogens (primary N) is 3. The molecule has 2 fully saturated rings. The van der Waals surface area contributed by atoms with E-state index in [2.05, 4.69) is 31.6 Å². The van der Waals surface area contributed by atoms with E-state index in [9.17, 15) is 43.2 Å². The number of carboxylic acids is 1. The van der Waals surface area contributed by atoms with Crippen molar-refractivity contribution in [3.8, 4) is 0 Å². The Morgan fingerprint density at radius 1 is 0.800 bits per heavy atom. The maximum atomic E-state index is 14.4. The summed E-state index contributed by atoms with van der Waals surface area (Å²) in [5.74, 6) is -7.68. The zero-order chi connectivity index (χ0) is 48.0. The van der Waals surface area contributed by atoms with Crippen LogP contribution in [-0.2, 0) is 49.6 Å². The van der Waals surface area contributed by atoms with Crippen molar-refractivity contribution in [3.63, 3.8) is 0 Å². The number of fused-ring (bicyclic) bond motifs is 1. The van der Waals surface area contributed by atoms with Crippen LogP contribution in [0.25, 0.3) is 10.9 Å². The Morgan fingerprint density at radius 2 is 1.43 bits per heavy atom. The third-order valence-corrected chi connectivity index (χ3v) is 12.2. The molecule has 3 heterocycles. The van der Waals surface area contributed by atoms with Crippen LogP contribution >= 0.6 is 0 Å².